The highest BCUT2D eigenvalue weighted by Crippen LogP contribution is 2.31. The lowest BCUT2D eigenvalue weighted by atomic mass is 9.95. The molecule has 0 aromatic heterocycles. The molecule has 1 atom stereocenters. The molecule has 2 aromatic carbocycles. The number of ether oxygens (including phenoxy) is 3. The van der Waals surface area contributed by atoms with Crippen molar-refractivity contribution in [3.63, 3.8) is 0 Å². The number of nitrogens with zero attached hydrogens (tertiary/aromatic N) is 1. The molecule has 0 bridgehead atoms. The lowest BCUT2D eigenvalue weighted by Crippen LogP contribution is -2.38. The smallest absolute Gasteiger partial charge is 0.341 e. The summed E-state index contributed by atoms with van der Waals surface area (Å²) in [7, 11) is 3.37. The molecule has 1 aliphatic rings. The number of carboxylic acids is 1. The van der Waals surface area contributed by atoms with Crippen LogP contribution in [0.2, 0.25) is 0 Å². The number of hydrogen-bond acceptors (Lipinski definition) is 5. The number of fused-ring (bicyclic) bond motifs is 1. The highest BCUT2D eigenvalue weighted by atomic mass is 16.5. The first-order chi connectivity index (χ1) is 13.5. The molecule has 1 aliphatic heterocycles. The average Bonchev–Trinajstić information content (AvgIpc) is 2.71. The SMILES string of the molecule is COc1ccc2c(c1)CC(C(=O)N(C)Cc1ccc(OCC(=O)O)cc1)CO2. The maximum absolute atomic E-state index is 12.8. The quantitative estimate of drug-likeness (QED) is 0.788. The molecule has 0 radical (unpaired) electrons. The third kappa shape index (κ3) is 4.73. The van der Waals surface area contributed by atoms with E-state index >= 15 is 0 Å². The highest BCUT2D eigenvalue weighted by molar-refractivity contribution is 5.79. The summed E-state index contributed by atoms with van der Waals surface area (Å²) >= 11 is 0. The Hall–Kier alpha value is -3.22. The number of carbonyl (C=O) groups is 2. The standard InChI is InChI=1S/C21H23NO6/c1-22(11-14-3-5-17(6-4-14)27-13-20(23)24)21(25)16-9-15-10-18(26-2)7-8-19(15)28-12-16/h3-8,10,16H,9,11-13H2,1-2H3,(H,23,24). The van der Waals surface area contributed by atoms with Crippen molar-refractivity contribution < 1.29 is 28.9 Å². The van der Waals surface area contributed by atoms with Crippen LogP contribution in [-0.2, 0) is 22.6 Å². The number of carbonyl (C=O) groups excluding carboxylic acids is 1. The first-order valence-electron chi connectivity index (χ1n) is 8.94. The Bertz CT molecular complexity index is 848. The van der Waals surface area contributed by atoms with Crippen LogP contribution in [0.5, 0.6) is 17.2 Å². The monoisotopic (exact) mass is 385 g/mol. The second-order valence-electron chi connectivity index (χ2n) is 6.71. The molecule has 1 amide bonds. The number of hydrogen-bond donors (Lipinski definition) is 1. The van der Waals surface area contributed by atoms with Gasteiger partial charge in [-0.3, -0.25) is 4.79 Å². The molecule has 0 saturated carbocycles. The fraction of sp³-hybridized carbons (Fsp3) is 0.333. The van der Waals surface area contributed by atoms with E-state index in [9.17, 15) is 9.59 Å². The Kier molecular flexibility index (Phi) is 6.03. The number of amides is 1. The summed E-state index contributed by atoms with van der Waals surface area (Å²) in [5, 5.41) is 8.64. The number of benzene rings is 2. The summed E-state index contributed by atoms with van der Waals surface area (Å²) in [6.45, 7) is 0.412. The molecule has 7 heteroatoms. The second kappa shape index (κ2) is 8.65. The second-order valence-corrected chi connectivity index (χ2v) is 6.71. The van der Waals surface area contributed by atoms with Gasteiger partial charge in [-0.05, 0) is 47.9 Å². The minimum absolute atomic E-state index is 0.0136. The molecular formula is C21H23NO6. The zero-order valence-corrected chi connectivity index (χ0v) is 15.9. The summed E-state index contributed by atoms with van der Waals surface area (Å²) in [6.07, 6.45) is 0.609. The van der Waals surface area contributed by atoms with E-state index in [4.69, 9.17) is 19.3 Å². The molecule has 28 heavy (non-hydrogen) atoms. The maximum atomic E-state index is 12.8. The van der Waals surface area contributed by atoms with E-state index < -0.39 is 5.97 Å². The van der Waals surface area contributed by atoms with Gasteiger partial charge in [0.25, 0.3) is 0 Å². The first kappa shape index (κ1) is 19.5. The van der Waals surface area contributed by atoms with E-state index in [-0.39, 0.29) is 18.4 Å². The van der Waals surface area contributed by atoms with E-state index in [1.807, 2.05) is 30.3 Å². The van der Waals surface area contributed by atoms with Gasteiger partial charge in [0.2, 0.25) is 5.91 Å². The topological polar surface area (TPSA) is 85.3 Å². The zero-order chi connectivity index (χ0) is 20.1. The summed E-state index contributed by atoms with van der Waals surface area (Å²) in [5.74, 6) is 0.760. The summed E-state index contributed by atoms with van der Waals surface area (Å²) in [6, 6.07) is 12.6. The van der Waals surface area contributed by atoms with Crippen molar-refractivity contribution in [2.75, 3.05) is 27.4 Å². The maximum Gasteiger partial charge on any atom is 0.341 e. The molecule has 1 heterocycles. The van der Waals surface area contributed by atoms with Gasteiger partial charge in [-0.2, -0.15) is 0 Å². The van der Waals surface area contributed by atoms with Crippen LogP contribution >= 0.6 is 0 Å². The van der Waals surface area contributed by atoms with Gasteiger partial charge in [0.1, 0.15) is 23.9 Å². The van der Waals surface area contributed by atoms with E-state index in [2.05, 4.69) is 0 Å². The van der Waals surface area contributed by atoms with Crippen LogP contribution in [0.1, 0.15) is 11.1 Å². The largest absolute Gasteiger partial charge is 0.497 e. The van der Waals surface area contributed by atoms with E-state index in [0.29, 0.717) is 25.3 Å². The van der Waals surface area contributed by atoms with Crippen LogP contribution in [0.15, 0.2) is 42.5 Å². The Morgan fingerprint density at radius 1 is 1.18 bits per heavy atom. The number of methoxy groups -OCH3 is 1. The van der Waals surface area contributed by atoms with Gasteiger partial charge < -0.3 is 24.2 Å². The molecule has 1 N–H and O–H groups in total. The van der Waals surface area contributed by atoms with Crippen molar-refractivity contribution in [3.05, 3.63) is 53.6 Å². The van der Waals surface area contributed by atoms with Gasteiger partial charge in [0, 0.05) is 13.6 Å². The zero-order valence-electron chi connectivity index (χ0n) is 15.9. The Balaban J connectivity index is 1.59. The summed E-state index contributed by atoms with van der Waals surface area (Å²) < 4.78 is 16.1. The lowest BCUT2D eigenvalue weighted by molar-refractivity contribution is -0.139. The van der Waals surface area contributed by atoms with Crippen LogP contribution < -0.4 is 14.2 Å². The van der Waals surface area contributed by atoms with E-state index in [0.717, 1.165) is 22.6 Å². The minimum Gasteiger partial charge on any atom is -0.497 e. The average molecular weight is 385 g/mol. The molecule has 2 aromatic rings. The minimum atomic E-state index is -1.02. The number of carboxylic acid groups (broad SMARTS) is 1. The molecule has 0 fully saturated rings. The molecular weight excluding hydrogens is 362 g/mol. The van der Waals surface area contributed by atoms with Crippen LogP contribution in [0, 0.1) is 5.92 Å². The van der Waals surface area contributed by atoms with Crippen molar-refractivity contribution in [1.82, 2.24) is 4.90 Å². The fourth-order valence-corrected chi connectivity index (χ4v) is 3.16. The van der Waals surface area contributed by atoms with Gasteiger partial charge in [0.05, 0.1) is 13.0 Å². The normalized spacial score (nSPS) is 15.1. The molecule has 7 nitrogen and oxygen atoms in total. The van der Waals surface area contributed by atoms with Crippen LogP contribution in [0.3, 0.4) is 0 Å². The molecule has 1 unspecified atom stereocenters. The van der Waals surface area contributed by atoms with Gasteiger partial charge in [0.15, 0.2) is 6.61 Å². The fourth-order valence-electron chi connectivity index (χ4n) is 3.16. The Morgan fingerprint density at radius 2 is 1.89 bits per heavy atom. The van der Waals surface area contributed by atoms with E-state index in [1.54, 1.807) is 31.2 Å². The van der Waals surface area contributed by atoms with Crippen molar-refractivity contribution in [2.24, 2.45) is 5.92 Å². The van der Waals surface area contributed by atoms with Crippen molar-refractivity contribution in [3.8, 4) is 17.2 Å². The predicted molar refractivity (Wildman–Crippen MR) is 102 cm³/mol. The first-order valence-corrected chi connectivity index (χ1v) is 8.94. The van der Waals surface area contributed by atoms with E-state index in [1.165, 1.54) is 0 Å². The van der Waals surface area contributed by atoms with Gasteiger partial charge in [-0.25, -0.2) is 4.79 Å². The highest BCUT2D eigenvalue weighted by Gasteiger charge is 2.28. The summed E-state index contributed by atoms with van der Waals surface area (Å²) in [5.41, 5.74) is 1.90. The van der Waals surface area contributed by atoms with Crippen molar-refractivity contribution >= 4 is 11.9 Å². The Morgan fingerprint density at radius 3 is 2.57 bits per heavy atom. The molecule has 0 spiro atoms. The summed E-state index contributed by atoms with van der Waals surface area (Å²) in [4.78, 5) is 25.0. The van der Waals surface area contributed by atoms with Crippen molar-refractivity contribution in [2.45, 2.75) is 13.0 Å². The Labute approximate surface area is 163 Å². The van der Waals surface area contributed by atoms with Crippen molar-refractivity contribution in [1.29, 1.82) is 0 Å². The molecule has 0 saturated heterocycles. The molecule has 3 rings (SSSR count). The lowest BCUT2D eigenvalue weighted by Gasteiger charge is -2.28. The van der Waals surface area contributed by atoms with Gasteiger partial charge >= 0.3 is 5.97 Å². The van der Waals surface area contributed by atoms with Gasteiger partial charge in [-0.1, -0.05) is 12.1 Å². The van der Waals surface area contributed by atoms with Gasteiger partial charge in [-0.15, -0.1) is 0 Å². The predicted octanol–water partition coefficient (Wildman–Crippen LogP) is 2.37. The van der Waals surface area contributed by atoms with Crippen LogP contribution in [0.4, 0.5) is 0 Å². The van der Waals surface area contributed by atoms with Crippen LogP contribution in [-0.4, -0.2) is 49.3 Å². The number of aliphatic carboxylic acids is 1. The number of rotatable bonds is 7. The third-order valence-corrected chi connectivity index (χ3v) is 4.60. The molecule has 0 aliphatic carbocycles. The van der Waals surface area contributed by atoms with Crippen LogP contribution in [0.25, 0.3) is 0 Å². The third-order valence-electron chi connectivity index (χ3n) is 4.60. The molecule has 148 valence electrons.